The van der Waals surface area contributed by atoms with Crippen LogP contribution < -0.4 is 0 Å². The number of imidazole rings is 1. The summed E-state index contributed by atoms with van der Waals surface area (Å²) < 4.78 is 28.1. The van der Waals surface area contributed by atoms with E-state index in [4.69, 9.17) is 4.98 Å². The van der Waals surface area contributed by atoms with Crippen LogP contribution in [0.3, 0.4) is 0 Å². The molecule has 2 aliphatic rings. The van der Waals surface area contributed by atoms with E-state index in [0.717, 1.165) is 49.0 Å². The minimum absolute atomic E-state index is 0.0187. The fourth-order valence-electron chi connectivity index (χ4n) is 5.09. The van der Waals surface area contributed by atoms with Gasteiger partial charge in [0.25, 0.3) is 5.91 Å². The van der Waals surface area contributed by atoms with Gasteiger partial charge in [0, 0.05) is 37.2 Å². The highest BCUT2D eigenvalue weighted by Crippen LogP contribution is 2.29. The highest BCUT2D eigenvalue weighted by Gasteiger charge is 2.32. The summed E-state index contributed by atoms with van der Waals surface area (Å²) in [6.07, 6.45) is 4.64. The largest absolute Gasteiger partial charge is 0.342 e. The van der Waals surface area contributed by atoms with Crippen LogP contribution in [-0.2, 0) is 10.0 Å². The molecule has 174 valence electrons. The molecule has 0 aliphatic carbocycles. The van der Waals surface area contributed by atoms with Gasteiger partial charge in [-0.1, -0.05) is 24.6 Å². The fraction of sp³-hybridized carbons (Fsp3) is 0.440. The maximum absolute atomic E-state index is 13.4. The Morgan fingerprint density at radius 3 is 2.70 bits per heavy atom. The van der Waals surface area contributed by atoms with Crippen LogP contribution in [0.25, 0.3) is 11.0 Å². The number of aromatic amines is 1. The van der Waals surface area contributed by atoms with Crippen molar-refractivity contribution in [1.29, 1.82) is 0 Å². The first kappa shape index (κ1) is 22.1. The molecule has 8 heteroatoms. The van der Waals surface area contributed by atoms with Crippen molar-refractivity contribution in [3.63, 3.8) is 0 Å². The molecule has 2 atom stereocenters. The van der Waals surface area contributed by atoms with Gasteiger partial charge in [-0.3, -0.25) is 4.79 Å². The zero-order valence-electron chi connectivity index (χ0n) is 18.9. The van der Waals surface area contributed by atoms with Crippen LogP contribution in [0.1, 0.15) is 61.1 Å². The summed E-state index contributed by atoms with van der Waals surface area (Å²) in [6.45, 7) is 3.72. The Kier molecular flexibility index (Phi) is 5.97. The van der Waals surface area contributed by atoms with Crippen molar-refractivity contribution in [3.8, 4) is 0 Å². The highest BCUT2D eigenvalue weighted by atomic mass is 32.2. The minimum Gasteiger partial charge on any atom is -0.342 e. The second kappa shape index (κ2) is 8.91. The van der Waals surface area contributed by atoms with Gasteiger partial charge in [-0.15, -0.1) is 0 Å². The molecule has 2 saturated heterocycles. The third kappa shape index (κ3) is 4.29. The zero-order valence-corrected chi connectivity index (χ0v) is 19.7. The van der Waals surface area contributed by atoms with Gasteiger partial charge in [0.1, 0.15) is 5.82 Å². The predicted molar refractivity (Wildman–Crippen MR) is 128 cm³/mol. The average molecular weight is 467 g/mol. The summed E-state index contributed by atoms with van der Waals surface area (Å²) in [7, 11) is -3.62. The van der Waals surface area contributed by atoms with E-state index in [9.17, 15) is 13.2 Å². The third-order valence-electron chi connectivity index (χ3n) is 6.93. The van der Waals surface area contributed by atoms with Crippen molar-refractivity contribution in [2.75, 3.05) is 19.6 Å². The smallest absolute Gasteiger partial charge is 0.253 e. The summed E-state index contributed by atoms with van der Waals surface area (Å²) in [5.74, 6) is 0.917. The molecule has 0 bridgehead atoms. The number of likely N-dealkylation sites (tertiary alicyclic amines) is 1. The Hall–Kier alpha value is -2.71. The molecular formula is C25H30N4O3S. The Balaban J connectivity index is 1.36. The lowest BCUT2D eigenvalue weighted by molar-refractivity contribution is 0.0704. The van der Waals surface area contributed by atoms with Gasteiger partial charge < -0.3 is 9.88 Å². The average Bonchev–Trinajstić information content (AvgIpc) is 3.28. The number of fused-ring (bicyclic) bond motifs is 1. The lowest BCUT2D eigenvalue weighted by atomic mass is 9.96. The maximum atomic E-state index is 13.4. The normalized spacial score (nSPS) is 22.5. The van der Waals surface area contributed by atoms with E-state index in [1.54, 1.807) is 28.6 Å². The number of nitrogens with one attached hydrogen (secondary N) is 1. The maximum Gasteiger partial charge on any atom is 0.253 e. The Morgan fingerprint density at radius 1 is 1.03 bits per heavy atom. The van der Waals surface area contributed by atoms with Crippen molar-refractivity contribution in [3.05, 3.63) is 59.9 Å². The second-order valence-electron chi connectivity index (χ2n) is 9.22. The van der Waals surface area contributed by atoms with Gasteiger partial charge in [-0.2, -0.15) is 4.31 Å². The summed E-state index contributed by atoms with van der Waals surface area (Å²) in [6, 6.07) is 14.5. The van der Waals surface area contributed by atoms with Crippen molar-refractivity contribution < 1.29 is 13.2 Å². The summed E-state index contributed by atoms with van der Waals surface area (Å²) in [5, 5.41) is 0. The van der Waals surface area contributed by atoms with Crippen molar-refractivity contribution in [1.82, 2.24) is 19.2 Å². The fourth-order valence-corrected chi connectivity index (χ4v) is 6.83. The molecule has 7 nitrogen and oxygen atoms in total. The second-order valence-corrected chi connectivity index (χ2v) is 11.1. The van der Waals surface area contributed by atoms with Crippen molar-refractivity contribution in [2.45, 2.75) is 55.9 Å². The first-order chi connectivity index (χ1) is 15.9. The lowest BCUT2D eigenvalue weighted by Gasteiger charge is -2.33. The Morgan fingerprint density at radius 2 is 1.88 bits per heavy atom. The third-order valence-corrected chi connectivity index (χ3v) is 8.94. The van der Waals surface area contributed by atoms with E-state index in [1.807, 2.05) is 36.1 Å². The topological polar surface area (TPSA) is 86.4 Å². The first-order valence-corrected chi connectivity index (χ1v) is 13.2. The van der Waals surface area contributed by atoms with Crippen LogP contribution >= 0.6 is 0 Å². The molecular weight excluding hydrogens is 436 g/mol. The number of sulfonamides is 1. The molecule has 5 rings (SSSR count). The number of carbonyl (C=O) groups excluding carboxylic acids is 1. The molecule has 2 aliphatic heterocycles. The van der Waals surface area contributed by atoms with E-state index >= 15 is 0 Å². The van der Waals surface area contributed by atoms with E-state index < -0.39 is 10.0 Å². The predicted octanol–water partition coefficient (Wildman–Crippen LogP) is 4.15. The number of hydrogen-bond acceptors (Lipinski definition) is 4. The number of piperidine rings is 2. The van der Waals surface area contributed by atoms with Crippen LogP contribution in [-0.4, -0.2) is 59.2 Å². The van der Waals surface area contributed by atoms with E-state index in [2.05, 4.69) is 4.98 Å². The van der Waals surface area contributed by atoms with Crippen LogP contribution in [0.2, 0.25) is 0 Å². The molecule has 1 N–H and O–H groups in total. The van der Waals surface area contributed by atoms with Gasteiger partial charge in [0.15, 0.2) is 0 Å². The highest BCUT2D eigenvalue weighted by molar-refractivity contribution is 7.89. The SMILES string of the molecule is C[C@H]1CCCCN1S(=O)(=O)c1cccc(C(=O)N2CCC[C@@H](c3nc4ccccc4[nH]3)C2)c1. The summed E-state index contributed by atoms with van der Waals surface area (Å²) in [4.78, 5) is 23.5. The molecule has 1 aromatic heterocycles. The number of carbonyl (C=O) groups is 1. The van der Waals surface area contributed by atoms with Crippen molar-refractivity contribution >= 4 is 27.0 Å². The van der Waals surface area contributed by atoms with Gasteiger partial charge in [0.2, 0.25) is 10.0 Å². The molecule has 1 amide bonds. The van der Waals surface area contributed by atoms with Crippen molar-refractivity contribution in [2.24, 2.45) is 0 Å². The summed E-state index contributed by atoms with van der Waals surface area (Å²) >= 11 is 0. The van der Waals surface area contributed by atoms with Gasteiger partial charge >= 0.3 is 0 Å². The number of amides is 1. The van der Waals surface area contributed by atoms with Gasteiger partial charge in [-0.25, -0.2) is 13.4 Å². The zero-order chi connectivity index (χ0) is 23.0. The number of para-hydroxylation sites is 2. The van der Waals surface area contributed by atoms with Gasteiger partial charge in [-0.05, 0) is 62.9 Å². The van der Waals surface area contributed by atoms with Crippen LogP contribution in [0.4, 0.5) is 0 Å². The molecule has 3 heterocycles. The Bertz CT molecular complexity index is 1240. The monoisotopic (exact) mass is 466 g/mol. The number of benzene rings is 2. The number of rotatable bonds is 4. The Labute approximate surface area is 194 Å². The lowest BCUT2D eigenvalue weighted by Crippen LogP contribution is -2.42. The molecule has 0 saturated carbocycles. The van der Waals surface area contributed by atoms with Gasteiger partial charge in [0.05, 0.1) is 15.9 Å². The molecule has 2 aromatic carbocycles. The standard InChI is InChI=1S/C25H30N4O3S/c1-18-8-4-5-15-29(18)33(31,32)21-11-6-9-19(16-21)25(30)28-14-7-10-20(17-28)24-26-22-12-2-3-13-23(22)27-24/h2-3,6,9,11-13,16,18,20H,4-5,7-8,10,14-15,17H2,1H3,(H,26,27)/t18-,20+/m0/s1. The van der Waals surface area contributed by atoms with E-state index in [0.29, 0.717) is 25.2 Å². The van der Waals surface area contributed by atoms with Crippen LogP contribution in [0, 0.1) is 0 Å². The number of hydrogen-bond donors (Lipinski definition) is 1. The summed E-state index contributed by atoms with van der Waals surface area (Å²) in [5.41, 5.74) is 2.35. The number of H-pyrrole nitrogens is 1. The van der Waals surface area contributed by atoms with Crippen LogP contribution in [0.5, 0.6) is 0 Å². The molecule has 33 heavy (non-hydrogen) atoms. The first-order valence-electron chi connectivity index (χ1n) is 11.8. The molecule has 2 fully saturated rings. The quantitative estimate of drug-likeness (QED) is 0.626. The van der Waals surface area contributed by atoms with E-state index in [-0.39, 0.29) is 22.8 Å². The molecule has 0 radical (unpaired) electrons. The minimum atomic E-state index is -3.62. The molecule has 0 spiro atoms. The molecule has 3 aromatic rings. The number of aromatic nitrogens is 2. The van der Waals surface area contributed by atoms with Crippen LogP contribution in [0.15, 0.2) is 53.4 Å². The number of nitrogens with zero attached hydrogens (tertiary/aromatic N) is 3. The van der Waals surface area contributed by atoms with E-state index in [1.165, 1.54) is 0 Å². The molecule has 0 unspecified atom stereocenters.